The van der Waals surface area contributed by atoms with Crippen molar-refractivity contribution >= 4 is 39.2 Å². The van der Waals surface area contributed by atoms with Gasteiger partial charge in [0.1, 0.15) is 5.69 Å². The number of halogens is 1. The summed E-state index contributed by atoms with van der Waals surface area (Å²) in [6, 6.07) is 14.1. The number of carbonyl (C=O) groups excluding carboxylic acids is 1. The van der Waals surface area contributed by atoms with Gasteiger partial charge < -0.3 is 5.32 Å². The van der Waals surface area contributed by atoms with Gasteiger partial charge in [-0.25, -0.2) is 4.68 Å². The van der Waals surface area contributed by atoms with E-state index in [2.05, 4.69) is 37.6 Å². The number of benzene rings is 1. The number of amides is 1. The fourth-order valence-corrected chi connectivity index (χ4v) is 3.74. The van der Waals surface area contributed by atoms with Gasteiger partial charge in [-0.1, -0.05) is 35.5 Å². The number of nitrogens with zero attached hydrogens (tertiary/aromatic N) is 3. The third-order valence-electron chi connectivity index (χ3n) is 3.45. The van der Waals surface area contributed by atoms with Crippen LogP contribution in [0.4, 0.5) is 0 Å². The Hall–Kier alpha value is -2.25. The van der Waals surface area contributed by atoms with Crippen LogP contribution < -0.4 is 5.32 Å². The normalized spacial score (nSPS) is 11.1. The molecule has 0 fully saturated rings. The zero-order valence-corrected chi connectivity index (χ0v) is 15.8. The molecule has 1 N–H and O–H groups in total. The van der Waals surface area contributed by atoms with Gasteiger partial charge in [-0.05, 0) is 46.1 Å². The minimum absolute atomic E-state index is 0.131. The molecule has 3 aromatic rings. The lowest BCUT2D eigenvalue weighted by Crippen LogP contribution is -2.23. The second-order valence-electron chi connectivity index (χ2n) is 5.41. The summed E-state index contributed by atoms with van der Waals surface area (Å²) in [7, 11) is 0. The molecule has 0 unspecified atom stereocenters. The van der Waals surface area contributed by atoms with Crippen molar-refractivity contribution in [3.05, 3.63) is 74.7 Å². The summed E-state index contributed by atoms with van der Waals surface area (Å²) in [6.07, 6.45) is 5.80. The Bertz CT molecular complexity index is 857. The second-order valence-corrected chi connectivity index (χ2v) is 7.95. The van der Waals surface area contributed by atoms with Crippen molar-refractivity contribution in [1.29, 1.82) is 0 Å². The third kappa shape index (κ3) is 5.65. The van der Waals surface area contributed by atoms with Crippen molar-refractivity contribution in [1.82, 2.24) is 20.3 Å². The van der Waals surface area contributed by atoms with Gasteiger partial charge in [0.15, 0.2) is 0 Å². The number of nitrogens with one attached hydrogen (secondary N) is 1. The highest BCUT2D eigenvalue weighted by Crippen LogP contribution is 2.22. The van der Waals surface area contributed by atoms with E-state index in [1.807, 2.05) is 42.6 Å². The topological polar surface area (TPSA) is 59.8 Å². The van der Waals surface area contributed by atoms with E-state index in [0.29, 0.717) is 18.8 Å². The first-order chi connectivity index (χ1) is 12.2. The van der Waals surface area contributed by atoms with Gasteiger partial charge in [0, 0.05) is 17.5 Å². The lowest BCUT2D eigenvalue weighted by molar-refractivity contribution is -0.116. The molecule has 0 atom stereocenters. The molecule has 0 saturated heterocycles. The minimum Gasteiger partial charge on any atom is -0.352 e. The largest absolute Gasteiger partial charge is 0.352 e. The molecular formula is C18H17BrN4OS. The maximum Gasteiger partial charge on any atom is 0.244 e. The van der Waals surface area contributed by atoms with Gasteiger partial charge in [0.05, 0.1) is 16.5 Å². The number of carbonyl (C=O) groups is 1. The zero-order valence-electron chi connectivity index (χ0n) is 13.4. The van der Waals surface area contributed by atoms with Crippen LogP contribution in [0.25, 0.3) is 6.08 Å². The summed E-state index contributed by atoms with van der Waals surface area (Å²) in [5, 5.41) is 11.0. The van der Waals surface area contributed by atoms with Crippen LogP contribution in [0.5, 0.6) is 0 Å². The van der Waals surface area contributed by atoms with Crippen LogP contribution in [-0.4, -0.2) is 27.4 Å². The summed E-state index contributed by atoms with van der Waals surface area (Å²) in [5.41, 5.74) is 1.81. The predicted octanol–water partition coefficient (Wildman–Crippen LogP) is 3.52. The van der Waals surface area contributed by atoms with E-state index in [4.69, 9.17) is 0 Å². The minimum atomic E-state index is -0.131. The fraction of sp³-hybridized carbons (Fsp3) is 0.167. The summed E-state index contributed by atoms with van der Waals surface area (Å²) in [4.78, 5) is 13.1. The van der Waals surface area contributed by atoms with Crippen LogP contribution in [0.3, 0.4) is 0 Å². The van der Waals surface area contributed by atoms with Gasteiger partial charge >= 0.3 is 0 Å². The predicted molar refractivity (Wildman–Crippen MR) is 103 cm³/mol. The van der Waals surface area contributed by atoms with Crippen molar-refractivity contribution in [3.63, 3.8) is 0 Å². The standard InChI is InChI=1S/C18H17BrN4OS/c19-17-8-7-16(25-17)10-11-20-18(24)9-6-15-13-23(22-21-15)12-14-4-2-1-3-5-14/h1-9,13H,10-12H2,(H,20,24)/b9-6+. The Morgan fingerprint density at radius 2 is 2.08 bits per heavy atom. The number of thiophene rings is 1. The molecule has 128 valence electrons. The number of rotatable bonds is 7. The average molecular weight is 417 g/mol. The van der Waals surface area contributed by atoms with Crippen molar-refractivity contribution < 1.29 is 4.79 Å². The Morgan fingerprint density at radius 1 is 1.24 bits per heavy atom. The molecule has 3 rings (SSSR count). The van der Waals surface area contributed by atoms with Crippen LogP contribution >= 0.6 is 27.3 Å². The molecule has 0 bridgehead atoms. The zero-order chi connectivity index (χ0) is 17.5. The molecule has 0 aliphatic heterocycles. The van der Waals surface area contributed by atoms with Crippen molar-refractivity contribution in [3.8, 4) is 0 Å². The van der Waals surface area contributed by atoms with Crippen LogP contribution in [-0.2, 0) is 17.8 Å². The van der Waals surface area contributed by atoms with Crippen molar-refractivity contribution in [2.45, 2.75) is 13.0 Å². The van der Waals surface area contributed by atoms with Crippen LogP contribution in [0.2, 0.25) is 0 Å². The first kappa shape index (κ1) is 17.6. The summed E-state index contributed by atoms with van der Waals surface area (Å²) in [6.45, 7) is 1.26. The van der Waals surface area contributed by atoms with E-state index >= 15 is 0 Å². The number of hydrogen-bond donors (Lipinski definition) is 1. The maximum absolute atomic E-state index is 11.9. The number of aromatic nitrogens is 3. The average Bonchev–Trinajstić information content (AvgIpc) is 3.23. The van der Waals surface area contributed by atoms with Crippen molar-refractivity contribution in [2.24, 2.45) is 0 Å². The molecule has 5 nitrogen and oxygen atoms in total. The van der Waals surface area contributed by atoms with E-state index in [9.17, 15) is 4.79 Å². The van der Waals surface area contributed by atoms with E-state index in [0.717, 1.165) is 15.8 Å². The lowest BCUT2D eigenvalue weighted by atomic mass is 10.2. The molecule has 25 heavy (non-hydrogen) atoms. The molecular weight excluding hydrogens is 400 g/mol. The quantitative estimate of drug-likeness (QED) is 0.599. The van der Waals surface area contributed by atoms with Gasteiger partial charge in [-0.15, -0.1) is 16.4 Å². The lowest BCUT2D eigenvalue weighted by Gasteiger charge is -1.99. The SMILES string of the molecule is O=C(/C=C/c1cn(Cc2ccccc2)nn1)NCCc1ccc(Br)s1. The molecule has 0 aliphatic carbocycles. The monoisotopic (exact) mass is 416 g/mol. The first-order valence-corrected chi connectivity index (χ1v) is 9.44. The van der Waals surface area contributed by atoms with E-state index in [1.165, 1.54) is 11.0 Å². The highest BCUT2D eigenvalue weighted by atomic mass is 79.9. The van der Waals surface area contributed by atoms with Crippen LogP contribution in [0.15, 0.2) is 58.5 Å². The summed E-state index contributed by atoms with van der Waals surface area (Å²) >= 11 is 5.11. The molecule has 1 aromatic carbocycles. The summed E-state index contributed by atoms with van der Waals surface area (Å²) < 4.78 is 2.86. The molecule has 1 amide bonds. The molecule has 2 heterocycles. The number of hydrogen-bond acceptors (Lipinski definition) is 4. The van der Waals surface area contributed by atoms with Crippen molar-refractivity contribution in [2.75, 3.05) is 6.54 Å². The van der Waals surface area contributed by atoms with Gasteiger partial charge in [-0.3, -0.25) is 4.79 Å². The molecule has 0 radical (unpaired) electrons. The molecule has 0 aliphatic rings. The van der Waals surface area contributed by atoms with Gasteiger partial charge in [0.2, 0.25) is 5.91 Å². The van der Waals surface area contributed by atoms with E-state index < -0.39 is 0 Å². The maximum atomic E-state index is 11.9. The van der Waals surface area contributed by atoms with Gasteiger partial charge in [-0.2, -0.15) is 0 Å². The molecule has 0 saturated carbocycles. The Balaban J connectivity index is 1.46. The first-order valence-electron chi connectivity index (χ1n) is 7.83. The highest BCUT2D eigenvalue weighted by molar-refractivity contribution is 9.11. The second kappa shape index (κ2) is 8.73. The Kier molecular flexibility index (Phi) is 6.14. The van der Waals surface area contributed by atoms with Crippen LogP contribution in [0, 0.1) is 0 Å². The molecule has 7 heteroatoms. The van der Waals surface area contributed by atoms with E-state index in [1.54, 1.807) is 22.1 Å². The van der Waals surface area contributed by atoms with Crippen LogP contribution in [0.1, 0.15) is 16.1 Å². The summed E-state index contributed by atoms with van der Waals surface area (Å²) in [5.74, 6) is -0.131. The Morgan fingerprint density at radius 3 is 2.84 bits per heavy atom. The fourth-order valence-electron chi connectivity index (χ4n) is 2.25. The van der Waals surface area contributed by atoms with E-state index in [-0.39, 0.29) is 5.91 Å². The smallest absolute Gasteiger partial charge is 0.244 e. The molecule has 0 spiro atoms. The highest BCUT2D eigenvalue weighted by Gasteiger charge is 2.01. The Labute approximate surface area is 158 Å². The molecule has 2 aromatic heterocycles. The third-order valence-corrected chi connectivity index (χ3v) is 5.13. The van der Waals surface area contributed by atoms with Gasteiger partial charge in [0.25, 0.3) is 0 Å².